The molecule has 2 aromatic rings. The summed E-state index contributed by atoms with van der Waals surface area (Å²) in [5.74, 6) is 0. The lowest BCUT2D eigenvalue weighted by molar-refractivity contribution is 0.185. The largest absolute Gasteiger partial charge is 0.325 e. The molecule has 1 atom stereocenters. The van der Waals surface area contributed by atoms with Crippen LogP contribution in [-0.4, -0.2) is 37.4 Å². The predicted octanol–water partition coefficient (Wildman–Crippen LogP) is 3.06. The van der Waals surface area contributed by atoms with E-state index >= 15 is 0 Å². The number of nitrogens with zero attached hydrogens (tertiary/aromatic N) is 2. The minimum Gasteiger partial charge on any atom is -0.325 e. The van der Waals surface area contributed by atoms with Crippen molar-refractivity contribution < 1.29 is 13.2 Å². The zero-order chi connectivity index (χ0) is 18.6. The molecule has 0 radical (unpaired) electrons. The predicted molar refractivity (Wildman–Crippen MR) is 99.3 cm³/mol. The Kier molecular flexibility index (Phi) is 5.56. The van der Waals surface area contributed by atoms with Crippen LogP contribution in [0.3, 0.4) is 0 Å². The maximum Gasteiger partial charge on any atom is 0.318 e. The number of sulfone groups is 1. The van der Waals surface area contributed by atoms with E-state index in [1.165, 1.54) is 12.4 Å². The van der Waals surface area contributed by atoms with Gasteiger partial charge in [-0.25, -0.2) is 13.2 Å². The first-order valence-corrected chi connectivity index (χ1v) is 10.3. The van der Waals surface area contributed by atoms with Gasteiger partial charge in [0.05, 0.1) is 4.90 Å². The zero-order valence-electron chi connectivity index (χ0n) is 14.8. The second-order valence-electron chi connectivity index (χ2n) is 6.52. The van der Waals surface area contributed by atoms with E-state index in [1.807, 2.05) is 6.92 Å². The molecule has 7 heteroatoms. The van der Waals surface area contributed by atoms with Crippen LogP contribution >= 0.6 is 0 Å². The molecule has 2 heterocycles. The van der Waals surface area contributed by atoms with Gasteiger partial charge in [-0.1, -0.05) is 17.7 Å². The van der Waals surface area contributed by atoms with Gasteiger partial charge < -0.3 is 10.2 Å². The van der Waals surface area contributed by atoms with Gasteiger partial charge in [0.25, 0.3) is 0 Å². The van der Waals surface area contributed by atoms with E-state index in [2.05, 4.69) is 10.3 Å². The fraction of sp³-hybridized carbons (Fsp3) is 0.368. The van der Waals surface area contributed by atoms with Crippen molar-refractivity contribution in [3.63, 3.8) is 0 Å². The molecule has 1 aliphatic rings. The average Bonchev–Trinajstić information content (AvgIpc) is 2.67. The summed E-state index contributed by atoms with van der Waals surface area (Å²) in [6.45, 7) is 3.20. The maximum absolute atomic E-state index is 13.2. The molecular weight excluding hydrogens is 350 g/mol. The first-order chi connectivity index (χ1) is 12.5. The SMILES string of the molecule is Cc1ccc(S(=O)(=O)C(NC(=O)N2CCCCC2)c2ccncc2)cc1. The van der Waals surface area contributed by atoms with E-state index in [-0.39, 0.29) is 10.9 Å². The number of rotatable bonds is 4. The van der Waals surface area contributed by atoms with Crippen molar-refractivity contribution in [1.29, 1.82) is 0 Å². The Balaban J connectivity index is 1.93. The number of benzene rings is 1. The molecule has 1 aliphatic heterocycles. The van der Waals surface area contributed by atoms with Crippen LogP contribution in [0.5, 0.6) is 0 Å². The molecule has 6 nitrogen and oxygen atoms in total. The zero-order valence-corrected chi connectivity index (χ0v) is 15.6. The van der Waals surface area contributed by atoms with Crippen molar-refractivity contribution in [3.05, 3.63) is 59.9 Å². The molecular formula is C19H23N3O3S. The molecule has 1 fully saturated rings. The van der Waals surface area contributed by atoms with Gasteiger partial charge in [0, 0.05) is 25.5 Å². The summed E-state index contributed by atoms with van der Waals surface area (Å²) in [4.78, 5) is 18.5. The highest BCUT2D eigenvalue weighted by molar-refractivity contribution is 7.91. The third kappa shape index (κ3) is 4.04. The molecule has 1 aromatic heterocycles. The summed E-state index contributed by atoms with van der Waals surface area (Å²) in [5.41, 5.74) is 1.47. The van der Waals surface area contributed by atoms with Crippen molar-refractivity contribution in [1.82, 2.24) is 15.2 Å². The highest BCUT2D eigenvalue weighted by Crippen LogP contribution is 2.27. The molecule has 2 amide bonds. The number of likely N-dealkylation sites (tertiary alicyclic amines) is 1. The minimum absolute atomic E-state index is 0.184. The van der Waals surface area contributed by atoms with Crippen LogP contribution in [0.25, 0.3) is 0 Å². The number of hydrogen-bond donors (Lipinski definition) is 1. The number of amides is 2. The topological polar surface area (TPSA) is 79.4 Å². The van der Waals surface area contributed by atoms with Crippen molar-refractivity contribution in [3.8, 4) is 0 Å². The number of carbonyl (C=O) groups is 1. The van der Waals surface area contributed by atoms with Gasteiger partial charge in [0.1, 0.15) is 0 Å². The van der Waals surface area contributed by atoms with E-state index in [9.17, 15) is 13.2 Å². The molecule has 3 rings (SSSR count). The minimum atomic E-state index is -3.79. The molecule has 1 aromatic carbocycles. The van der Waals surface area contributed by atoms with Crippen LogP contribution < -0.4 is 5.32 Å². The van der Waals surface area contributed by atoms with Crippen LogP contribution in [-0.2, 0) is 9.84 Å². The van der Waals surface area contributed by atoms with Crippen LogP contribution in [0.2, 0.25) is 0 Å². The number of piperidine rings is 1. The number of nitrogens with one attached hydrogen (secondary N) is 1. The number of aromatic nitrogens is 1. The fourth-order valence-corrected chi connectivity index (χ4v) is 4.60. The van der Waals surface area contributed by atoms with Gasteiger partial charge in [0.2, 0.25) is 9.84 Å². The van der Waals surface area contributed by atoms with E-state index in [0.717, 1.165) is 24.8 Å². The summed E-state index contributed by atoms with van der Waals surface area (Å²) in [6, 6.07) is 9.55. The van der Waals surface area contributed by atoms with Crippen LogP contribution in [0.15, 0.2) is 53.7 Å². The van der Waals surface area contributed by atoms with Crippen molar-refractivity contribution >= 4 is 15.9 Å². The number of urea groups is 1. The molecule has 1 N–H and O–H groups in total. The highest BCUT2D eigenvalue weighted by Gasteiger charge is 2.32. The summed E-state index contributed by atoms with van der Waals surface area (Å²) in [7, 11) is -3.79. The Labute approximate surface area is 154 Å². The van der Waals surface area contributed by atoms with Crippen LogP contribution in [0.4, 0.5) is 4.79 Å². The Morgan fingerprint density at radius 3 is 2.27 bits per heavy atom. The average molecular weight is 373 g/mol. The van der Waals surface area contributed by atoms with Gasteiger partial charge in [-0.2, -0.15) is 0 Å². The molecule has 0 spiro atoms. The summed E-state index contributed by atoms with van der Waals surface area (Å²) in [6.07, 6.45) is 6.04. The van der Waals surface area contributed by atoms with Gasteiger partial charge >= 0.3 is 6.03 Å². The summed E-state index contributed by atoms with van der Waals surface area (Å²) >= 11 is 0. The second kappa shape index (κ2) is 7.86. The van der Waals surface area contributed by atoms with Gasteiger partial charge in [-0.05, 0) is 56.0 Å². The molecule has 0 saturated carbocycles. The Morgan fingerprint density at radius 2 is 1.65 bits per heavy atom. The Hall–Kier alpha value is -2.41. The lowest BCUT2D eigenvalue weighted by atomic mass is 10.1. The van der Waals surface area contributed by atoms with Crippen molar-refractivity contribution in [2.45, 2.75) is 36.5 Å². The van der Waals surface area contributed by atoms with E-state index in [0.29, 0.717) is 18.7 Å². The van der Waals surface area contributed by atoms with Gasteiger partial charge in [-0.15, -0.1) is 0 Å². The van der Waals surface area contributed by atoms with E-state index in [4.69, 9.17) is 0 Å². The maximum atomic E-state index is 13.2. The second-order valence-corrected chi connectivity index (χ2v) is 8.55. The summed E-state index contributed by atoms with van der Waals surface area (Å²) in [5, 5.41) is 1.58. The summed E-state index contributed by atoms with van der Waals surface area (Å²) < 4.78 is 26.4. The molecule has 0 bridgehead atoms. The first kappa shape index (κ1) is 18.4. The van der Waals surface area contributed by atoms with Gasteiger partial charge in [-0.3, -0.25) is 4.98 Å². The Morgan fingerprint density at radius 1 is 1.04 bits per heavy atom. The van der Waals surface area contributed by atoms with Crippen LogP contribution in [0.1, 0.15) is 35.8 Å². The lowest BCUT2D eigenvalue weighted by Crippen LogP contribution is -2.45. The standard InChI is InChI=1S/C19H23N3O3S/c1-15-5-7-17(8-6-15)26(24,25)18(16-9-11-20-12-10-16)21-19(23)22-13-3-2-4-14-22/h5-12,18H,2-4,13-14H2,1H3,(H,21,23). The molecule has 1 unspecified atom stereocenters. The van der Waals surface area contributed by atoms with E-state index in [1.54, 1.807) is 41.3 Å². The number of hydrogen-bond acceptors (Lipinski definition) is 4. The normalized spacial score (nSPS) is 16.1. The van der Waals surface area contributed by atoms with Crippen LogP contribution in [0, 0.1) is 6.92 Å². The third-order valence-electron chi connectivity index (χ3n) is 4.57. The van der Waals surface area contributed by atoms with E-state index < -0.39 is 15.2 Å². The molecule has 1 saturated heterocycles. The van der Waals surface area contributed by atoms with Crippen molar-refractivity contribution in [2.75, 3.05) is 13.1 Å². The number of pyridine rings is 1. The quantitative estimate of drug-likeness (QED) is 0.893. The smallest absolute Gasteiger partial charge is 0.318 e. The number of carbonyl (C=O) groups excluding carboxylic acids is 1. The third-order valence-corrected chi connectivity index (χ3v) is 6.51. The molecule has 0 aliphatic carbocycles. The lowest BCUT2D eigenvalue weighted by Gasteiger charge is -2.29. The first-order valence-electron chi connectivity index (χ1n) is 8.74. The molecule has 26 heavy (non-hydrogen) atoms. The van der Waals surface area contributed by atoms with Gasteiger partial charge in [0.15, 0.2) is 5.37 Å². The monoisotopic (exact) mass is 373 g/mol. The number of aryl methyl sites for hydroxylation is 1. The molecule has 138 valence electrons. The highest BCUT2D eigenvalue weighted by atomic mass is 32.2. The van der Waals surface area contributed by atoms with Crippen molar-refractivity contribution in [2.24, 2.45) is 0 Å². The fourth-order valence-electron chi connectivity index (χ4n) is 3.04. The Bertz CT molecular complexity index is 845.